The highest BCUT2D eigenvalue weighted by Gasteiger charge is 2.60. The lowest BCUT2D eigenvalue weighted by Gasteiger charge is -2.18. The van der Waals surface area contributed by atoms with Crippen LogP contribution >= 0.6 is 11.8 Å². The van der Waals surface area contributed by atoms with Crippen LogP contribution in [0.25, 0.3) is 5.57 Å². The van der Waals surface area contributed by atoms with Crippen LogP contribution in [-0.4, -0.2) is 26.6 Å². The van der Waals surface area contributed by atoms with Gasteiger partial charge >= 0.3 is 6.18 Å². The third-order valence-electron chi connectivity index (χ3n) is 7.56. The van der Waals surface area contributed by atoms with Crippen molar-refractivity contribution in [1.29, 1.82) is 0 Å². The molecule has 2 heterocycles. The van der Waals surface area contributed by atoms with Gasteiger partial charge in [-0.2, -0.15) is 13.2 Å². The number of halogens is 3. The molecule has 1 aromatic heterocycles. The predicted molar refractivity (Wildman–Crippen MR) is 125 cm³/mol. The Morgan fingerprint density at radius 1 is 1.18 bits per heavy atom. The van der Waals surface area contributed by atoms with E-state index in [1.165, 1.54) is 18.6 Å². The van der Waals surface area contributed by atoms with E-state index in [4.69, 9.17) is 0 Å². The van der Waals surface area contributed by atoms with Crippen LogP contribution in [0, 0.1) is 11.8 Å². The number of benzene rings is 1. The average Bonchev–Trinajstić information content (AvgIpc) is 3.17. The molecule has 176 valence electrons. The summed E-state index contributed by atoms with van der Waals surface area (Å²) in [7, 11) is 2.02. The first kappa shape index (κ1) is 22.6. The summed E-state index contributed by atoms with van der Waals surface area (Å²) < 4.78 is 40.7. The Morgan fingerprint density at radius 3 is 2.70 bits per heavy atom. The summed E-state index contributed by atoms with van der Waals surface area (Å²) in [6.07, 6.45) is 7.44. The van der Waals surface area contributed by atoms with Crippen molar-refractivity contribution >= 4 is 17.3 Å². The minimum absolute atomic E-state index is 0.132. The molecule has 0 saturated heterocycles. The van der Waals surface area contributed by atoms with Crippen molar-refractivity contribution in [1.82, 2.24) is 20.1 Å². The number of nitrogens with one attached hydrogen (secondary N) is 1. The third kappa shape index (κ3) is 4.34. The summed E-state index contributed by atoms with van der Waals surface area (Å²) in [6.45, 7) is 2.11. The topological polar surface area (TPSA) is 42.7 Å². The van der Waals surface area contributed by atoms with Crippen LogP contribution in [0.2, 0.25) is 0 Å². The Balaban J connectivity index is 1.12. The number of alkyl halides is 3. The standard InChI is InChI=1S/C25H29F3N4S/c1-16-21(6-3-11-29-16)22-30-31-23(32(22)2)33-12-4-5-17-13-20-15-24(20,14-17)18-7-9-19(10-8-18)25(26,27)28/h3,6-11,16-17,20,29H,4-5,12-15H2,1-2H3. The van der Waals surface area contributed by atoms with Crippen LogP contribution in [0.4, 0.5) is 13.2 Å². The molecule has 0 amide bonds. The zero-order valence-electron chi connectivity index (χ0n) is 18.9. The van der Waals surface area contributed by atoms with E-state index in [-0.39, 0.29) is 11.5 Å². The van der Waals surface area contributed by atoms with Gasteiger partial charge in [-0.3, -0.25) is 0 Å². The van der Waals surface area contributed by atoms with Crippen LogP contribution < -0.4 is 5.32 Å². The normalized spacial score (nSPS) is 28.4. The fourth-order valence-corrected chi connectivity index (χ4v) is 6.58. The predicted octanol–water partition coefficient (Wildman–Crippen LogP) is 5.96. The van der Waals surface area contributed by atoms with Crippen molar-refractivity contribution in [3.05, 3.63) is 59.6 Å². The summed E-state index contributed by atoms with van der Waals surface area (Å²) >= 11 is 1.75. The monoisotopic (exact) mass is 474 g/mol. The van der Waals surface area contributed by atoms with Crippen molar-refractivity contribution in [2.75, 3.05) is 5.75 Å². The van der Waals surface area contributed by atoms with Crippen LogP contribution in [0.5, 0.6) is 0 Å². The van der Waals surface area contributed by atoms with E-state index >= 15 is 0 Å². The number of hydrogen-bond acceptors (Lipinski definition) is 4. The zero-order chi connectivity index (χ0) is 23.2. The molecule has 8 heteroatoms. The molecule has 0 radical (unpaired) electrons. The Labute approximate surface area is 196 Å². The summed E-state index contributed by atoms with van der Waals surface area (Å²) in [6, 6.07) is 6.12. The van der Waals surface area contributed by atoms with E-state index in [0.29, 0.717) is 11.8 Å². The smallest absolute Gasteiger partial charge is 0.384 e. The lowest BCUT2D eigenvalue weighted by Crippen LogP contribution is -2.25. The molecule has 1 N–H and O–H groups in total. The number of allylic oxidation sites excluding steroid dienone is 2. The zero-order valence-corrected chi connectivity index (χ0v) is 19.7. The first-order valence-corrected chi connectivity index (χ1v) is 12.6. The highest BCUT2D eigenvalue weighted by Crippen LogP contribution is 2.66. The molecule has 0 bridgehead atoms. The van der Waals surface area contributed by atoms with Crippen molar-refractivity contribution < 1.29 is 13.2 Å². The van der Waals surface area contributed by atoms with Crippen LogP contribution in [0.3, 0.4) is 0 Å². The maximum absolute atomic E-state index is 12.9. The Kier molecular flexibility index (Phi) is 5.83. The van der Waals surface area contributed by atoms with E-state index in [1.54, 1.807) is 23.9 Å². The highest BCUT2D eigenvalue weighted by molar-refractivity contribution is 7.99. The van der Waals surface area contributed by atoms with E-state index in [9.17, 15) is 13.2 Å². The fraction of sp³-hybridized carbons (Fsp3) is 0.520. The number of fused-ring (bicyclic) bond motifs is 1. The van der Waals surface area contributed by atoms with Gasteiger partial charge in [-0.15, -0.1) is 10.2 Å². The third-order valence-corrected chi connectivity index (χ3v) is 8.66. The maximum Gasteiger partial charge on any atom is 0.416 e. The van der Waals surface area contributed by atoms with Gasteiger partial charge in [-0.25, -0.2) is 0 Å². The van der Waals surface area contributed by atoms with Crippen molar-refractivity contribution in [2.24, 2.45) is 18.9 Å². The second kappa shape index (κ2) is 8.53. The van der Waals surface area contributed by atoms with Gasteiger partial charge in [0.1, 0.15) is 0 Å². The van der Waals surface area contributed by atoms with Gasteiger partial charge in [0.15, 0.2) is 11.0 Å². The van der Waals surface area contributed by atoms with Gasteiger partial charge in [0.2, 0.25) is 0 Å². The van der Waals surface area contributed by atoms with Crippen LogP contribution in [-0.2, 0) is 18.6 Å². The number of hydrogen-bond donors (Lipinski definition) is 1. The number of aromatic nitrogens is 3. The van der Waals surface area contributed by atoms with Gasteiger partial charge < -0.3 is 9.88 Å². The molecule has 33 heavy (non-hydrogen) atoms. The van der Waals surface area contributed by atoms with Gasteiger partial charge in [-0.1, -0.05) is 30.0 Å². The quantitative estimate of drug-likeness (QED) is 0.397. The molecule has 4 nitrogen and oxygen atoms in total. The molecule has 1 aliphatic heterocycles. The molecule has 2 aromatic rings. The van der Waals surface area contributed by atoms with Gasteiger partial charge in [0.25, 0.3) is 0 Å². The lowest BCUT2D eigenvalue weighted by atomic mass is 9.88. The first-order chi connectivity index (χ1) is 15.8. The number of thioether (sulfide) groups is 1. The molecule has 4 unspecified atom stereocenters. The molecular weight excluding hydrogens is 445 g/mol. The molecular formula is C25H29F3N4S. The second-order valence-electron chi connectivity index (χ2n) is 9.66. The summed E-state index contributed by atoms with van der Waals surface area (Å²) in [4.78, 5) is 0. The Morgan fingerprint density at radius 2 is 1.97 bits per heavy atom. The molecule has 5 rings (SSSR count). The van der Waals surface area contributed by atoms with Crippen LogP contribution in [0.15, 0.2) is 47.8 Å². The van der Waals surface area contributed by atoms with Crippen molar-refractivity contribution in [3.8, 4) is 0 Å². The van der Waals surface area contributed by atoms with E-state index < -0.39 is 11.7 Å². The highest BCUT2D eigenvalue weighted by atomic mass is 32.2. The lowest BCUT2D eigenvalue weighted by molar-refractivity contribution is -0.137. The molecule has 2 saturated carbocycles. The largest absolute Gasteiger partial charge is 0.416 e. The second-order valence-corrected chi connectivity index (χ2v) is 10.7. The van der Waals surface area contributed by atoms with E-state index in [1.807, 2.05) is 19.3 Å². The summed E-state index contributed by atoms with van der Waals surface area (Å²) in [5, 5.41) is 13.0. The van der Waals surface area contributed by atoms with Crippen LogP contribution in [0.1, 0.15) is 56.0 Å². The summed E-state index contributed by atoms with van der Waals surface area (Å²) in [5.74, 6) is 3.19. The molecule has 4 atom stereocenters. The maximum atomic E-state index is 12.9. The molecule has 2 aliphatic carbocycles. The SMILES string of the molecule is CC1NC=CC=C1c1nnc(SCCCC2CC3CC3(c3ccc(C(F)(F)F)cc3)C2)n1C. The molecule has 0 spiro atoms. The Hall–Kier alpha value is -2.22. The molecule has 2 fully saturated rings. The number of dihydropyridines is 1. The van der Waals surface area contributed by atoms with E-state index in [2.05, 4.69) is 33.1 Å². The number of rotatable bonds is 7. The number of nitrogens with zero attached hydrogens (tertiary/aromatic N) is 3. The Bertz CT molecular complexity index is 1070. The summed E-state index contributed by atoms with van der Waals surface area (Å²) in [5.41, 5.74) is 1.81. The average molecular weight is 475 g/mol. The van der Waals surface area contributed by atoms with Gasteiger partial charge in [0.05, 0.1) is 11.6 Å². The minimum Gasteiger partial charge on any atom is -0.384 e. The van der Waals surface area contributed by atoms with Gasteiger partial charge in [0, 0.05) is 18.4 Å². The van der Waals surface area contributed by atoms with Crippen molar-refractivity contribution in [2.45, 2.75) is 61.8 Å². The first-order valence-electron chi connectivity index (χ1n) is 11.6. The minimum atomic E-state index is -4.27. The van der Waals surface area contributed by atoms with Crippen molar-refractivity contribution in [3.63, 3.8) is 0 Å². The van der Waals surface area contributed by atoms with Gasteiger partial charge in [-0.05, 0) is 86.3 Å². The fourth-order valence-electron chi connectivity index (χ4n) is 5.70. The van der Waals surface area contributed by atoms with E-state index in [0.717, 1.165) is 53.6 Å². The molecule has 1 aromatic carbocycles. The molecule has 3 aliphatic rings.